The number of anilines is 2. The Kier molecular flexibility index (Phi) is 7.89. The fourth-order valence-electron chi connectivity index (χ4n) is 4.98. The van der Waals surface area contributed by atoms with Crippen molar-refractivity contribution in [2.45, 2.75) is 44.3 Å². The molecule has 1 atom stereocenters. The zero-order chi connectivity index (χ0) is 29.4. The number of benzene rings is 2. The van der Waals surface area contributed by atoms with Crippen molar-refractivity contribution in [2.75, 3.05) is 25.5 Å². The quantitative estimate of drug-likeness (QED) is 0.239. The Morgan fingerprint density at radius 1 is 0.927 bits per heavy atom. The number of alkyl halides is 6. The number of likely N-dealkylation sites (tertiary alicyclic amines) is 1. The van der Waals surface area contributed by atoms with Crippen molar-refractivity contribution in [3.63, 3.8) is 0 Å². The van der Waals surface area contributed by atoms with E-state index in [4.69, 9.17) is 14.7 Å². The Hall–Kier alpha value is -3.77. The van der Waals surface area contributed by atoms with E-state index in [1.165, 1.54) is 36.5 Å². The van der Waals surface area contributed by atoms with Crippen LogP contribution in [-0.4, -0.2) is 46.2 Å². The second kappa shape index (κ2) is 11.2. The number of aromatic nitrogens is 3. The molecule has 2 aromatic carbocycles. The average Bonchev–Trinajstić information content (AvgIpc) is 2.96. The summed E-state index contributed by atoms with van der Waals surface area (Å²) in [4.78, 5) is 15.7. The minimum absolute atomic E-state index is 0.164. The van der Waals surface area contributed by atoms with Crippen LogP contribution >= 0.6 is 0 Å². The van der Waals surface area contributed by atoms with E-state index in [0.717, 1.165) is 44.1 Å². The first-order chi connectivity index (χ1) is 19.4. The fraction of sp³-hybridized carbons (Fsp3) is 0.345. The Morgan fingerprint density at radius 2 is 1.63 bits per heavy atom. The number of fused-ring (bicyclic) bond motifs is 1. The first-order valence-corrected chi connectivity index (χ1v) is 13.0. The minimum Gasteiger partial charge on any atom is -0.381 e. The van der Waals surface area contributed by atoms with Crippen molar-refractivity contribution < 1.29 is 31.1 Å². The maximum Gasteiger partial charge on any atom is 0.418 e. The number of pyridine rings is 1. The molecule has 6 nitrogen and oxygen atoms in total. The number of nitrogens with zero attached hydrogens (tertiary/aromatic N) is 4. The molecule has 0 amide bonds. The molecule has 0 saturated carbocycles. The maximum atomic E-state index is 13.7. The summed E-state index contributed by atoms with van der Waals surface area (Å²) in [6.45, 7) is 3.43. The first kappa shape index (κ1) is 28.7. The molecule has 5 rings (SSSR count). The van der Waals surface area contributed by atoms with Gasteiger partial charge in [0.1, 0.15) is 11.6 Å². The zero-order valence-electron chi connectivity index (χ0n) is 22.2. The summed E-state index contributed by atoms with van der Waals surface area (Å²) in [6, 6.07) is 11.1. The van der Waals surface area contributed by atoms with Crippen LogP contribution in [0, 0.1) is 0 Å². The fourth-order valence-corrected chi connectivity index (χ4v) is 4.98. The van der Waals surface area contributed by atoms with E-state index in [9.17, 15) is 26.3 Å². The highest BCUT2D eigenvalue weighted by Crippen LogP contribution is 2.38. The van der Waals surface area contributed by atoms with Crippen LogP contribution in [0.25, 0.3) is 22.2 Å². The lowest BCUT2D eigenvalue weighted by Crippen LogP contribution is -2.38. The average molecular weight is 576 g/mol. The molecular weight excluding hydrogens is 548 g/mol. The summed E-state index contributed by atoms with van der Waals surface area (Å²) in [5, 5.41) is 3.57. The van der Waals surface area contributed by atoms with E-state index in [1.807, 2.05) is 6.92 Å². The summed E-state index contributed by atoms with van der Waals surface area (Å²) in [7, 11) is 1.68. The van der Waals surface area contributed by atoms with Gasteiger partial charge in [-0.3, -0.25) is 9.88 Å². The number of methoxy groups -OCH3 is 1. The highest BCUT2D eigenvalue weighted by atomic mass is 19.4. The van der Waals surface area contributed by atoms with E-state index >= 15 is 0 Å². The van der Waals surface area contributed by atoms with Gasteiger partial charge >= 0.3 is 12.4 Å². The van der Waals surface area contributed by atoms with Crippen LogP contribution in [0.5, 0.6) is 0 Å². The molecule has 0 spiro atoms. The van der Waals surface area contributed by atoms with E-state index in [2.05, 4.69) is 15.2 Å². The van der Waals surface area contributed by atoms with Crippen LogP contribution in [0.3, 0.4) is 0 Å². The highest BCUT2D eigenvalue weighted by molar-refractivity contribution is 5.93. The Balaban J connectivity index is 1.58. The lowest BCUT2D eigenvalue weighted by molar-refractivity contribution is -0.138. The third kappa shape index (κ3) is 6.28. The van der Waals surface area contributed by atoms with E-state index < -0.39 is 23.5 Å². The molecule has 0 radical (unpaired) electrons. The van der Waals surface area contributed by atoms with E-state index in [-0.39, 0.29) is 23.4 Å². The first-order valence-electron chi connectivity index (χ1n) is 13.0. The van der Waals surface area contributed by atoms with Gasteiger partial charge in [0.05, 0.1) is 34.5 Å². The molecule has 1 aliphatic rings. The normalized spacial score (nSPS) is 16.2. The minimum atomic E-state index is -4.60. The molecule has 0 aliphatic carbocycles. The second-order valence-electron chi connectivity index (χ2n) is 9.91. The van der Waals surface area contributed by atoms with Gasteiger partial charge < -0.3 is 10.1 Å². The SMILES string of the molecule is COC1CCN(C(C)c2nc(Nc3ccc(C(F)(F)F)cc3)c3ccc(-c4ncccc4C(F)(F)F)cc3n2)CC1. The van der Waals surface area contributed by atoms with Crippen LogP contribution in [0.1, 0.15) is 42.8 Å². The third-order valence-corrected chi connectivity index (χ3v) is 7.31. The molecule has 2 aromatic heterocycles. The summed E-state index contributed by atoms with van der Waals surface area (Å²) >= 11 is 0. The van der Waals surface area contributed by atoms with Crippen LogP contribution in [0.4, 0.5) is 37.8 Å². The van der Waals surface area contributed by atoms with Gasteiger partial charge in [-0.1, -0.05) is 6.07 Å². The predicted molar refractivity (Wildman–Crippen MR) is 143 cm³/mol. The molecule has 4 aromatic rings. The van der Waals surface area contributed by atoms with Gasteiger partial charge in [0, 0.05) is 43.0 Å². The molecule has 1 N–H and O–H groups in total. The summed E-state index contributed by atoms with van der Waals surface area (Å²) in [5.74, 6) is 0.754. The number of piperidine rings is 1. The predicted octanol–water partition coefficient (Wildman–Crippen LogP) is 7.64. The van der Waals surface area contributed by atoms with Crippen molar-refractivity contribution >= 4 is 22.4 Å². The number of rotatable bonds is 6. The third-order valence-electron chi connectivity index (χ3n) is 7.31. The maximum absolute atomic E-state index is 13.7. The van der Waals surface area contributed by atoms with E-state index in [1.54, 1.807) is 13.2 Å². The molecule has 12 heteroatoms. The molecule has 3 heterocycles. The molecule has 1 fully saturated rings. The smallest absolute Gasteiger partial charge is 0.381 e. The number of nitrogens with one attached hydrogen (secondary N) is 1. The van der Waals surface area contributed by atoms with Crippen molar-refractivity contribution in [1.82, 2.24) is 19.9 Å². The zero-order valence-corrected chi connectivity index (χ0v) is 22.2. The van der Waals surface area contributed by atoms with Crippen LogP contribution in [0.2, 0.25) is 0 Å². The second-order valence-corrected chi connectivity index (χ2v) is 9.91. The summed E-state index contributed by atoms with van der Waals surface area (Å²) < 4.78 is 85.9. The molecular formula is C29H27F6N5O. The highest BCUT2D eigenvalue weighted by Gasteiger charge is 2.34. The van der Waals surface area contributed by atoms with Gasteiger partial charge in [-0.15, -0.1) is 0 Å². The van der Waals surface area contributed by atoms with Crippen LogP contribution in [-0.2, 0) is 17.1 Å². The lowest BCUT2D eigenvalue weighted by atomic mass is 10.0. The van der Waals surface area contributed by atoms with Gasteiger partial charge in [-0.25, -0.2) is 9.97 Å². The van der Waals surface area contributed by atoms with Crippen LogP contribution < -0.4 is 5.32 Å². The van der Waals surface area contributed by atoms with Crippen molar-refractivity contribution in [3.8, 4) is 11.3 Å². The standard InChI is InChI=1S/C29H27F6N5O/c1-17(40-14-11-21(41-2)12-15-40)26-38-24-16-18(25-23(29(33,34)35)4-3-13-36-25)5-10-22(24)27(39-26)37-20-8-6-19(7-9-20)28(30,31)32/h3-10,13,16-17,21H,11-12,14-15H2,1-2H3,(H,37,38,39). The molecule has 0 bridgehead atoms. The summed E-state index contributed by atoms with van der Waals surface area (Å²) in [5.41, 5.74) is -0.918. The monoisotopic (exact) mass is 575 g/mol. The largest absolute Gasteiger partial charge is 0.418 e. The number of hydrogen-bond acceptors (Lipinski definition) is 6. The molecule has 1 saturated heterocycles. The molecule has 1 aliphatic heterocycles. The molecule has 1 unspecified atom stereocenters. The Bertz CT molecular complexity index is 1520. The van der Waals surface area contributed by atoms with Gasteiger partial charge in [0.2, 0.25) is 0 Å². The number of hydrogen-bond donors (Lipinski definition) is 1. The molecule has 41 heavy (non-hydrogen) atoms. The van der Waals surface area contributed by atoms with Crippen molar-refractivity contribution in [1.29, 1.82) is 0 Å². The number of ether oxygens (including phenoxy) is 1. The van der Waals surface area contributed by atoms with Crippen molar-refractivity contribution in [3.05, 3.63) is 77.7 Å². The Morgan fingerprint density at radius 3 is 2.27 bits per heavy atom. The van der Waals surface area contributed by atoms with Gasteiger partial charge in [0.25, 0.3) is 0 Å². The van der Waals surface area contributed by atoms with Crippen molar-refractivity contribution in [2.24, 2.45) is 0 Å². The summed E-state index contributed by atoms with van der Waals surface area (Å²) in [6.07, 6.45) is -5.96. The van der Waals surface area contributed by atoms with Gasteiger partial charge in [0.15, 0.2) is 0 Å². The molecule has 216 valence electrons. The Labute approximate surface area is 232 Å². The number of halogens is 6. The lowest BCUT2D eigenvalue weighted by Gasteiger charge is -2.34. The van der Waals surface area contributed by atoms with Gasteiger partial charge in [-0.05, 0) is 68.3 Å². The van der Waals surface area contributed by atoms with E-state index in [0.29, 0.717) is 28.2 Å². The van der Waals surface area contributed by atoms with Crippen LogP contribution in [0.15, 0.2) is 60.8 Å². The topological polar surface area (TPSA) is 63.2 Å². The van der Waals surface area contributed by atoms with Gasteiger partial charge in [-0.2, -0.15) is 26.3 Å².